The van der Waals surface area contributed by atoms with E-state index in [-0.39, 0.29) is 12.4 Å². The molecule has 126 valence electrons. The molecule has 1 aliphatic carbocycles. The minimum absolute atomic E-state index is 0. The van der Waals surface area contributed by atoms with Crippen molar-refractivity contribution in [1.82, 2.24) is 19.9 Å². The van der Waals surface area contributed by atoms with Crippen LogP contribution in [0.1, 0.15) is 37.7 Å². The maximum Gasteiger partial charge on any atom is 0.261 e. The summed E-state index contributed by atoms with van der Waals surface area (Å²) in [6.07, 6.45) is 5.54. The largest absolute Gasteiger partial charge is 0.334 e. The molecule has 0 aliphatic heterocycles. The molecule has 0 spiro atoms. The molecule has 2 N–H and O–H groups in total. The Morgan fingerprint density at radius 1 is 1.25 bits per heavy atom. The van der Waals surface area contributed by atoms with E-state index in [0.717, 1.165) is 42.6 Å². The highest BCUT2D eigenvalue weighted by Gasteiger charge is 2.39. The fourth-order valence-corrected chi connectivity index (χ4v) is 3.00. The van der Waals surface area contributed by atoms with Gasteiger partial charge in [-0.3, -0.25) is 0 Å². The summed E-state index contributed by atoms with van der Waals surface area (Å²) < 4.78 is 7.39. The molecule has 0 unspecified atom stereocenters. The third kappa shape index (κ3) is 2.61. The quantitative estimate of drug-likeness (QED) is 0.784. The van der Waals surface area contributed by atoms with Crippen molar-refractivity contribution in [1.29, 1.82) is 0 Å². The fraction of sp³-hybridized carbons (Fsp3) is 0.353. The molecule has 24 heavy (non-hydrogen) atoms. The van der Waals surface area contributed by atoms with Gasteiger partial charge in [-0.15, -0.1) is 12.4 Å². The lowest BCUT2D eigenvalue weighted by atomic mass is 9.77. The molecule has 0 atom stereocenters. The van der Waals surface area contributed by atoms with Crippen LogP contribution < -0.4 is 5.73 Å². The second kappa shape index (κ2) is 6.37. The lowest BCUT2D eigenvalue weighted by Crippen LogP contribution is -2.44. The zero-order valence-corrected chi connectivity index (χ0v) is 14.3. The Morgan fingerprint density at radius 3 is 2.62 bits per heavy atom. The third-order valence-electron chi connectivity index (χ3n) is 4.55. The minimum Gasteiger partial charge on any atom is -0.334 e. The van der Waals surface area contributed by atoms with Gasteiger partial charge in [0, 0.05) is 0 Å². The number of rotatable bonds is 4. The minimum atomic E-state index is -0.413. The van der Waals surface area contributed by atoms with Crippen molar-refractivity contribution in [3.05, 3.63) is 48.0 Å². The highest BCUT2D eigenvalue weighted by atomic mass is 35.5. The van der Waals surface area contributed by atoms with Gasteiger partial charge in [0.2, 0.25) is 0 Å². The van der Waals surface area contributed by atoms with E-state index in [4.69, 9.17) is 10.3 Å². The van der Waals surface area contributed by atoms with Gasteiger partial charge in [0.15, 0.2) is 5.82 Å². The van der Waals surface area contributed by atoms with E-state index in [1.807, 2.05) is 35.0 Å². The molecule has 1 aliphatic rings. The smallest absolute Gasteiger partial charge is 0.261 e. The van der Waals surface area contributed by atoms with E-state index in [1.54, 1.807) is 6.20 Å². The molecule has 2 aromatic heterocycles. The van der Waals surface area contributed by atoms with Crippen molar-refractivity contribution < 1.29 is 4.52 Å². The van der Waals surface area contributed by atoms with Crippen LogP contribution in [-0.4, -0.2) is 19.9 Å². The molecule has 7 heteroatoms. The van der Waals surface area contributed by atoms with Crippen LogP contribution in [0.3, 0.4) is 0 Å². The van der Waals surface area contributed by atoms with Gasteiger partial charge in [-0.05, 0) is 37.8 Å². The normalized spacial score (nSPS) is 15.6. The maximum atomic E-state index is 6.28. The molecular formula is C17H20ClN5O. The molecule has 4 rings (SSSR count). The van der Waals surface area contributed by atoms with Crippen molar-refractivity contribution in [2.75, 3.05) is 0 Å². The monoisotopic (exact) mass is 345 g/mol. The summed E-state index contributed by atoms with van der Waals surface area (Å²) in [7, 11) is 0. The summed E-state index contributed by atoms with van der Waals surface area (Å²) in [5, 5.41) is 8.59. The van der Waals surface area contributed by atoms with Crippen molar-refractivity contribution in [3.8, 4) is 17.1 Å². The molecular weight excluding hydrogens is 326 g/mol. The van der Waals surface area contributed by atoms with Crippen LogP contribution in [-0.2, 0) is 12.0 Å². The van der Waals surface area contributed by atoms with E-state index in [1.165, 1.54) is 0 Å². The summed E-state index contributed by atoms with van der Waals surface area (Å²) in [5.41, 5.74) is 8.80. The topological polar surface area (TPSA) is 82.8 Å². The number of hydrogen-bond acceptors (Lipinski definition) is 5. The van der Waals surface area contributed by atoms with Crippen LogP contribution in [0, 0.1) is 0 Å². The second-order valence-electron chi connectivity index (χ2n) is 6.04. The lowest BCUT2D eigenvalue weighted by Gasteiger charge is -2.34. The first-order valence-corrected chi connectivity index (χ1v) is 7.97. The maximum absolute atomic E-state index is 6.28. The standard InChI is InChI=1S/C17H19N5O.ClH/c1-2-14-13(11-19-22(14)12-7-4-3-5-8-12)15-20-16(21-23-15)17(18)9-6-10-17;/h3-5,7-8,11H,2,6,9-10,18H2,1H3;1H. The first-order valence-electron chi connectivity index (χ1n) is 7.97. The van der Waals surface area contributed by atoms with Crippen molar-refractivity contribution in [2.45, 2.75) is 38.1 Å². The number of halogens is 1. The van der Waals surface area contributed by atoms with Gasteiger partial charge in [0.25, 0.3) is 5.89 Å². The lowest BCUT2D eigenvalue weighted by molar-refractivity contribution is 0.229. The van der Waals surface area contributed by atoms with Gasteiger partial charge in [-0.25, -0.2) is 4.68 Å². The van der Waals surface area contributed by atoms with Gasteiger partial charge in [-0.1, -0.05) is 30.3 Å². The van der Waals surface area contributed by atoms with Crippen molar-refractivity contribution >= 4 is 12.4 Å². The van der Waals surface area contributed by atoms with E-state index in [9.17, 15) is 0 Å². The Kier molecular flexibility index (Phi) is 4.43. The van der Waals surface area contributed by atoms with Crippen LogP contribution in [0.25, 0.3) is 17.1 Å². The molecule has 0 radical (unpaired) electrons. The van der Waals surface area contributed by atoms with Crippen LogP contribution in [0.4, 0.5) is 0 Å². The average molecular weight is 346 g/mol. The predicted octanol–water partition coefficient (Wildman–Crippen LogP) is 3.24. The molecule has 0 bridgehead atoms. The zero-order valence-electron chi connectivity index (χ0n) is 13.5. The molecule has 1 fully saturated rings. The molecule has 1 aromatic carbocycles. The number of nitrogens with zero attached hydrogens (tertiary/aromatic N) is 4. The first-order chi connectivity index (χ1) is 11.2. The molecule has 1 saturated carbocycles. The number of aromatic nitrogens is 4. The van der Waals surface area contributed by atoms with E-state index >= 15 is 0 Å². The summed E-state index contributed by atoms with van der Waals surface area (Å²) in [6, 6.07) is 10.0. The highest BCUT2D eigenvalue weighted by Crippen LogP contribution is 2.38. The van der Waals surface area contributed by atoms with Crippen LogP contribution in [0.5, 0.6) is 0 Å². The predicted molar refractivity (Wildman–Crippen MR) is 93.2 cm³/mol. The Bertz CT molecular complexity index is 823. The van der Waals surface area contributed by atoms with Crippen molar-refractivity contribution in [2.24, 2.45) is 5.73 Å². The molecule has 0 amide bonds. The van der Waals surface area contributed by atoms with Gasteiger partial charge in [-0.2, -0.15) is 10.1 Å². The molecule has 6 nitrogen and oxygen atoms in total. The van der Waals surface area contributed by atoms with E-state index in [2.05, 4.69) is 22.2 Å². The number of nitrogens with two attached hydrogens (primary N) is 1. The average Bonchev–Trinajstić information content (AvgIpc) is 3.19. The van der Waals surface area contributed by atoms with Gasteiger partial charge < -0.3 is 10.3 Å². The summed E-state index contributed by atoms with van der Waals surface area (Å²) in [6.45, 7) is 2.09. The van der Waals surface area contributed by atoms with Crippen LogP contribution >= 0.6 is 12.4 Å². The summed E-state index contributed by atoms with van der Waals surface area (Å²) >= 11 is 0. The Morgan fingerprint density at radius 2 is 2.00 bits per heavy atom. The highest BCUT2D eigenvalue weighted by molar-refractivity contribution is 5.85. The zero-order chi connectivity index (χ0) is 15.9. The molecule has 3 aromatic rings. The summed E-state index contributed by atoms with van der Waals surface area (Å²) in [5.74, 6) is 1.10. The third-order valence-corrected chi connectivity index (χ3v) is 4.55. The Balaban J connectivity index is 0.00000169. The SMILES string of the molecule is CCc1c(-c2nc(C3(N)CCC3)no2)cnn1-c1ccccc1.Cl. The molecule has 2 heterocycles. The number of benzene rings is 1. The Hall–Kier alpha value is -2.18. The second-order valence-corrected chi connectivity index (χ2v) is 6.04. The van der Waals surface area contributed by atoms with Crippen LogP contribution in [0.15, 0.2) is 41.1 Å². The number of para-hydroxylation sites is 1. The Labute approximate surface area is 146 Å². The van der Waals surface area contributed by atoms with Gasteiger partial charge >= 0.3 is 0 Å². The summed E-state index contributed by atoms with van der Waals surface area (Å²) in [4.78, 5) is 4.53. The van der Waals surface area contributed by atoms with E-state index < -0.39 is 5.54 Å². The van der Waals surface area contributed by atoms with Gasteiger partial charge in [0.05, 0.1) is 28.7 Å². The number of hydrogen-bond donors (Lipinski definition) is 1. The fourth-order valence-electron chi connectivity index (χ4n) is 3.00. The molecule has 0 saturated heterocycles. The first kappa shape index (κ1) is 16.7. The van der Waals surface area contributed by atoms with Gasteiger partial charge in [0.1, 0.15) is 0 Å². The van der Waals surface area contributed by atoms with E-state index in [0.29, 0.717) is 11.7 Å². The van der Waals surface area contributed by atoms with Crippen molar-refractivity contribution in [3.63, 3.8) is 0 Å². The van der Waals surface area contributed by atoms with Crippen LogP contribution in [0.2, 0.25) is 0 Å².